The highest BCUT2D eigenvalue weighted by atomic mass is 16.4. The normalized spacial score (nSPS) is 30.7. The molecule has 5 atom stereocenters. The van der Waals surface area contributed by atoms with Gasteiger partial charge in [-0.2, -0.15) is 0 Å². The van der Waals surface area contributed by atoms with Gasteiger partial charge in [0.15, 0.2) is 17.2 Å². The number of phenols is 1. The van der Waals surface area contributed by atoms with E-state index in [0.717, 1.165) is 32.1 Å². The van der Waals surface area contributed by atoms with E-state index in [4.69, 9.17) is 0 Å². The summed E-state index contributed by atoms with van der Waals surface area (Å²) in [6, 6.07) is 3.62. The molecule has 0 heterocycles. The van der Waals surface area contributed by atoms with Gasteiger partial charge in [0.2, 0.25) is 5.78 Å². The van der Waals surface area contributed by atoms with Crippen molar-refractivity contribution >= 4 is 17.3 Å². The Bertz CT molecular complexity index is 1360. The fourth-order valence-corrected chi connectivity index (χ4v) is 8.09. The number of aromatic hydroxyl groups is 1. The van der Waals surface area contributed by atoms with Crippen molar-refractivity contribution in [2.45, 2.75) is 109 Å². The molecule has 0 aliphatic heterocycles. The van der Waals surface area contributed by atoms with Crippen LogP contribution in [0.25, 0.3) is 0 Å². The first-order chi connectivity index (χ1) is 19.2. The standard InChI is InChI=1S/C33H42O8/c1-16-19-12-13-20(32(3,4)14-8-11-18-9-6-5-7-10-18)27(36)25(19)29(38)26-23(16)28(37)21-15-22(35)24(17(2)34)30(39)33(21,41)31(26)40/h12-13,16,18,21,23,28,35-37,40-41H,5-11,14-15H2,1-4H3. The lowest BCUT2D eigenvalue weighted by molar-refractivity contribution is -0.154. The van der Waals surface area contributed by atoms with Crippen LogP contribution in [0.1, 0.15) is 113 Å². The minimum absolute atomic E-state index is 0.00385. The zero-order valence-electron chi connectivity index (χ0n) is 24.4. The predicted molar refractivity (Wildman–Crippen MR) is 152 cm³/mol. The van der Waals surface area contributed by atoms with Crippen LogP contribution in [0.2, 0.25) is 0 Å². The SMILES string of the molecule is CC(=O)C1=C(O)CC2C(O)C3C(=C(O)C2(O)C1=O)C(=O)c1c(ccc(C(C)(C)CCCC2CCCCC2)c1O)C3C. The van der Waals surface area contributed by atoms with Crippen molar-refractivity contribution in [3.8, 4) is 5.75 Å². The molecule has 41 heavy (non-hydrogen) atoms. The Kier molecular flexibility index (Phi) is 7.48. The van der Waals surface area contributed by atoms with Crippen LogP contribution in [0.3, 0.4) is 0 Å². The molecular formula is C33H42O8. The first-order valence-electron chi connectivity index (χ1n) is 15.0. The molecule has 1 aromatic rings. The Labute approximate surface area is 240 Å². The molecule has 4 aliphatic carbocycles. The third kappa shape index (κ3) is 4.45. The van der Waals surface area contributed by atoms with Crippen LogP contribution in [0.5, 0.6) is 5.75 Å². The van der Waals surface area contributed by atoms with Gasteiger partial charge in [0.1, 0.15) is 22.8 Å². The lowest BCUT2D eigenvalue weighted by Gasteiger charge is -2.50. The number of hydrogen-bond acceptors (Lipinski definition) is 8. The number of phenolic OH excluding ortho intramolecular Hbond substituents is 1. The van der Waals surface area contributed by atoms with Gasteiger partial charge in [-0.1, -0.05) is 77.8 Å². The second-order valence-corrected chi connectivity index (χ2v) is 13.4. The summed E-state index contributed by atoms with van der Waals surface area (Å²) in [5, 5.41) is 56.3. The van der Waals surface area contributed by atoms with E-state index in [9.17, 15) is 39.9 Å². The minimum atomic E-state index is -2.75. The fraction of sp³-hybridized carbons (Fsp3) is 0.606. The zero-order chi connectivity index (χ0) is 30.0. The number of aliphatic hydroxyl groups is 4. The Morgan fingerprint density at radius 1 is 1.07 bits per heavy atom. The molecule has 5 rings (SSSR count). The van der Waals surface area contributed by atoms with Crippen LogP contribution in [0, 0.1) is 17.8 Å². The highest BCUT2D eigenvalue weighted by Crippen LogP contribution is 2.55. The molecule has 1 fully saturated rings. The minimum Gasteiger partial charge on any atom is -0.511 e. The highest BCUT2D eigenvalue weighted by Gasteiger charge is 2.64. The summed E-state index contributed by atoms with van der Waals surface area (Å²) in [6.45, 7) is 6.88. The van der Waals surface area contributed by atoms with Gasteiger partial charge in [-0.15, -0.1) is 0 Å². The van der Waals surface area contributed by atoms with Crippen molar-refractivity contribution in [3.63, 3.8) is 0 Å². The second-order valence-electron chi connectivity index (χ2n) is 13.4. The molecular weight excluding hydrogens is 524 g/mol. The maximum atomic E-state index is 14.0. The van der Waals surface area contributed by atoms with Crippen molar-refractivity contribution in [2.24, 2.45) is 17.8 Å². The monoisotopic (exact) mass is 566 g/mol. The molecule has 0 spiro atoms. The van der Waals surface area contributed by atoms with Gasteiger partial charge in [0, 0.05) is 29.4 Å². The third-order valence-corrected chi connectivity index (χ3v) is 10.5. The van der Waals surface area contributed by atoms with Crippen LogP contribution in [0.15, 0.2) is 34.8 Å². The van der Waals surface area contributed by atoms with Crippen molar-refractivity contribution in [1.29, 1.82) is 0 Å². The Morgan fingerprint density at radius 2 is 1.73 bits per heavy atom. The number of benzene rings is 1. The van der Waals surface area contributed by atoms with Crippen molar-refractivity contribution < 1.29 is 39.9 Å². The van der Waals surface area contributed by atoms with Crippen molar-refractivity contribution in [3.05, 3.63) is 51.5 Å². The van der Waals surface area contributed by atoms with Crippen LogP contribution in [-0.4, -0.2) is 54.6 Å². The Hall–Kier alpha value is -2.97. The smallest absolute Gasteiger partial charge is 0.209 e. The van der Waals surface area contributed by atoms with Gasteiger partial charge in [-0.3, -0.25) is 14.4 Å². The van der Waals surface area contributed by atoms with Crippen molar-refractivity contribution in [1.82, 2.24) is 0 Å². The molecule has 1 aromatic carbocycles. The molecule has 4 aliphatic rings. The lowest BCUT2D eigenvalue weighted by atomic mass is 9.56. The predicted octanol–water partition coefficient (Wildman–Crippen LogP) is 5.24. The first kappa shape index (κ1) is 29.5. The second kappa shape index (κ2) is 10.4. The largest absolute Gasteiger partial charge is 0.511 e. The van der Waals surface area contributed by atoms with Gasteiger partial charge in [-0.05, 0) is 36.2 Å². The molecule has 0 amide bonds. The number of ketones is 3. The molecule has 0 radical (unpaired) electrons. The van der Waals surface area contributed by atoms with Gasteiger partial charge in [0.25, 0.3) is 0 Å². The van der Waals surface area contributed by atoms with Crippen LogP contribution < -0.4 is 0 Å². The third-order valence-electron chi connectivity index (χ3n) is 10.5. The van der Waals surface area contributed by atoms with Crippen LogP contribution in [0.4, 0.5) is 0 Å². The summed E-state index contributed by atoms with van der Waals surface area (Å²) >= 11 is 0. The van der Waals surface area contributed by atoms with E-state index in [-0.39, 0.29) is 16.9 Å². The molecule has 222 valence electrons. The summed E-state index contributed by atoms with van der Waals surface area (Å²) in [7, 11) is 0. The molecule has 0 aromatic heterocycles. The van der Waals surface area contributed by atoms with Gasteiger partial charge >= 0.3 is 0 Å². The summed E-state index contributed by atoms with van der Waals surface area (Å²) in [5.74, 6) is -6.66. The number of rotatable bonds is 6. The fourth-order valence-electron chi connectivity index (χ4n) is 8.09. The van der Waals surface area contributed by atoms with E-state index in [1.54, 1.807) is 13.0 Å². The first-order valence-corrected chi connectivity index (χ1v) is 15.0. The number of allylic oxidation sites excluding steroid dienone is 1. The topological polar surface area (TPSA) is 152 Å². The van der Waals surface area contributed by atoms with Gasteiger partial charge in [-0.25, -0.2) is 0 Å². The van der Waals surface area contributed by atoms with E-state index in [2.05, 4.69) is 0 Å². The van der Waals surface area contributed by atoms with Crippen molar-refractivity contribution in [2.75, 3.05) is 0 Å². The molecule has 5 N–H and O–H groups in total. The number of fused-ring (bicyclic) bond motifs is 3. The van der Waals surface area contributed by atoms with E-state index >= 15 is 0 Å². The average molecular weight is 567 g/mol. The Balaban J connectivity index is 1.53. The lowest BCUT2D eigenvalue weighted by Crippen LogP contribution is -2.62. The van der Waals surface area contributed by atoms with Gasteiger partial charge in [0.05, 0.1) is 11.7 Å². The number of aliphatic hydroxyl groups excluding tert-OH is 3. The van der Waals surface area contributed by atoms with E-state index in [1.165, 1.54) is 32.1 Å². The summed E-state index contributed by atoms with van der Waals surface area (Å²) in [4.78, 5) is 39.5. The van der Waals surface area contributed by atoms with E-state index in [1.807, 2.05) is 19.9 Å². The van der Waals surface area contributed by atoms with E-state index in [0.29, 0.717) is 11.1 Å². The number of hydrogen-bond donors (Lipinski definition) is 5. The molecule has 0 bridgehead atoms. The molecule has 1 saturated carbocycles. The molecule has 0 saturated heterocycles. The maximum Gasteiger partial charge on any atom is 0.209 e. The maximum absolute atomic E-state index is 14.0. The number of carbonyl (C=O) groups excluding carboxylic acids is 3. The summed E-state index contributed by atoms with van der Waals surface area (Å²) < 4.78 is 0. The number of Topliss-reactive ketones (excluding diaryl/α,β-unsaturated/α-hetero) is 3. The van der Waals surface area contributed by atoms with Crippen LogP contribution >= 0.6 is 0 Å². The molecule has 5 unspecified atom stereocenters. The van der Waals surface area contributed by atoms with Crippen LogP contribution in [-0.2, 0) is 15.0 Å². The number of carbonyl (C=O) groups is 3. The molecule has 8 nitrogen and oxygen atoms in total. The summed E-state index contributed by atoms with van der Waals surface area (Å²) in [5.41, 5.74) is -3.08. The highest BCUT2D eigenvalue weighted by molar-refractivity contribution is 6.25. The summed E-state index contributed by atoms with van der Waals surface area (Å²) in [6.07, 6.45) is 7.44. The average Bonchev–Trinajstić information content (AvgIpc) is 2.91. The quantitative estimate of drug-likeness (QED) is 0.293. The zero-order valence-corrected chi connectivity index (χ0v) is 24.4. The molecule has 8 heteroatoms. The van der Waals surface area contributed by atoms with Gasteiger partial charge < -0.3 is 25.5 Å². The van der Waals surface area contributed by atoms with E-state index < -0.39 is 75.7 Å². The Morgan fingerprint density at radius 3 is 2.37 bits per heavy atom.